The fraction of sp³-hybridized carbons (Fsp3) is 0.483. The summed E-state index contributed by atoms with van der Waals surface area (Å²) in [5.41, 5.74) is 0.253. The van der Waals surface area contributed by atoms with Crippen LogP contribution in [-0.4, -0.2) is 52.9 Å². The fourth-order valence-electron chi connectivity index (χ4n) is 6.41. The molecular weight excluding hydrogens is 521 g/mol. The van der Waals surface area contributed by atoms with Crippen LogP contribution in [0.2, 0.25) is 0 Å². The topological polar surface area (TPSA) is 80.6 Å². The Kier molecular flexibility index (Phi) is 6.82. The zero-order valence-electron chi connectivity index (χ0n) is 22.6. The summed E-state index contributed by atoms with van der Waals surface area (Å²) in [6, 6.07) is 8.45. The maximum atomic E-state index is 14.2. The van der Waals surface area contributed by atoms with Crippen LogP contribution in [0.1, 0.15) is 61.0 Å². The molecule has 4 aromatic rings. The Morgan fingerprint density at radius 3 is 2.65 bits per heavy atom. The van der Waals surface area contributed by atoms with Gasteiger partial charge in [0, 0.05) is 38.4 Å². The number of aliphatic hydroxyl groups excluding tert-OH is 1. The first-order chi connectivity index (χ1) is 19.1. The van der Waals surface area contributed by atoms with Gasteiger partial charge in [0.15, 0.2) is 0 Å². The van der Waals surface area contributed by atoms with E-state index >= 15 is 0 Å². The quantitative estimate of drug-likeness (QED) is 0.383. The van der Waals surface area contributed by atoms with Crippen molar-refractivity contribution in [1.29, 1.82) is 0 Å². The number of alkyl halides is 3. The number of imidazole rings is 1. The molecule has 1 saturated heterocycles. The standard InChI is InChI=1S/C29H33F3N6O2/c1-18-5-4-8-36(13-18)14-19-9-24(29(30,31)32)25-16-37(28(40)38(25)15-19)22-7-3-6-20(10-22)26(21-11-23(39)12-21)27-34-33-17-35(27)2/h3,6-7,9-10,15-18,21,23,26,39H,4-5,8,11-14H2,1-2H3/t18-,21-,23+,26-/m0/s1. The summed E-state index contributed by atoms with van der Waals surface area (Å²) in [6.07, 6.45) is 2.82. The van der Waals surface area contributed by atoms with Crippen molar-refractivity contribution in [3.63, 3.8) is 0 Å². The molecule has 2 aliphatic rings. The molecule has 6 rings (SSSR count). The highest BCUT2D eigenvalue weighted by Crippen LogP contribution is 2.43. The van der Waals surface area contributed by atoms with Crippen molar-refractivity contribution in [1.82, 2.24) is 28.6 Å². The van der Waals surface area contributed by atoms with E-state index in [1.807, 2.05) is 23.7 Å². The zero-order chi connectivity index (χ0) is 28.2. The Bertz CT molecular complexity index is 1580. The van der Waals surface area contributed by atoms with Crippen LogP contribution in [0.3, 0.4) is 0 Å². The Morgan fingerprint density at radius 2 is 1.98 bits per heavy atom. The predicted octanol–water partition coefficient (Wildman–Crippen LogP) is 4.37. The lowest BCUT2D eigenvalue weighted by Gasteiger charge is -2.37. The van der Waals surface area contributed by atoms with Crippen molar-refractivity contribution in [2.24, 2.45) is 18.9 Å². The minimum Gasteiger partial charge on any atom is -0.393 e. The summed E-state index contributed by atoms with van der Waals surface area (Å²) in [4.78, 5) is 15.8. The van der Waals surface area contributed by atoms with Gasteiger partial charge in [-0.25, -0.2) is 4.79 Å². The number of hydrogen-bond acceptors (Lipinski definition) is 5. The van der Waals surface area contributed by atoms with E-state index in [4.69, 9.17) is 0 Å². The number of halogens is 3. The zero-order valence-corrected chi connectivity index (χ0v) is 22.6. The molecule has 0 bridgehead atoms. The number of piperidine rings is 1. The number of hydrogen-bond donors (Lipinski definition) is 1. The number of aryl methyl sites for hydroxylation is 1. The molecule has 1 aromatic carbocycles. The van der Waals surface area contributed by atoms with Crippen molar-refractivity contribution < 1.29 is 18.3 Å². The van der Waals surface area contributed by atoms with E-state index in [1.54, 1.807) is 24.7 Å². The number of aromatic nitrogens is 5. The van der Waals surface area contributed by atoms with Crippen LogP contribution in [-0.2, 0) is 19.8 Å². The van der Waals surface area contributed by atoms with Crippen LogP contribution in [0.5, 0.6) is 0 Å². The van der Waals surface area contributed by atoms with Gasteiger partial charge in [-0.15, -0.1) is 10.2 Å². The molecule has 0 radical (unpaired) electrons. The lowest BCUT2D eigenvalue weighted by atomic mass is 9.71. The van der Waals surface area contributed by atoms with Gasteiger partial charge in [-0.1, -0.05) is 19.1 Å². The molecule has 4 heterocycles. The van der Waals surface area contributed by atoms with Gasteiger partial charge in [-0.05, 0) is 73.4 Å². The maximum Gasteiger partial charge on any atom is 0.418 e. The van der Waals surface area contributed by atoms with E-state index < -0.39 is 17.4 Å². The number of aliphatic hydroxyl groups is 1. The average Bonchev–Trinajstić information content (AvgIpc) is 3.45. The first-order valence-corrected chi connectivity index (χ1v) is 13.8. The third-order valence-corrected chi connectivity index (χ3v) is 8.43. The van der Waals surface area contributed by atoms with Gasteiger partial charge < -0.3 is 9.67 Å². The van der Waals surface area contributed by atoms with Crippen LogP contribution >= 0.6 is 0 Å². The van der Waals surface area contributed by atoms with Crippen molar-refractivity contribution in [2.45, 2.75) is 57.3 Å². The first-order valence-electron chi connectivity index (χ1n) is 13.8. The summed E-state index contributed by atoms with van der Waals surface area (Å²) < 4.78 is 47.0. The van der Waals surface area contributed by atoms with Gasteiger partial charge in [-0.3, -0.25) is 13.9 Å². The molecule has 1 N–H and O–H groups in total. The molecule has 212 valence electrons. The second-order valence-electron chi connectivity index (χ2n) is 11.5. The summed E-state index contributed by atoms with van der Waals surface area (Å²) in [6.45, 7) is 4.17. The Hall–Kier alpha value is -3.44. The smallest absolute Gasteiger partial charge is 0.393 e. The van der Waals surface area contributed by atoms with Crippen molar-refractivity contribution in [3.05, 3.63) is 82.1 Å². The lowest BCUT2D eigenvalue weighted by Crippen LogP contribution is -2.34. The van der Waals surface area contributed by atoms with E-state index in [0.717, 1.165) is 41.7 Å². The molecule has 1 saturated carbocycles. The summed E-state index contributed by atoms with van der Waals surface area (Å²) in [5, 5.41) is 18.3. The molecule has 1 aliphatic heterocycles. The number of nitrogens with zero attached hydrogens (tertiary/aromatic N) is 6. The van der Waals surface area contributed by atoms with Crippen LogP contribution in [0.25, 0.3) is 11.2 Å². The van der Waals surface area contributed by atoms with Crippen molar-refractivity contribution >= 4 is 5.52 Å². The van der Waals surface area contributed by atoms with Gasteiger partial charge in [0.2, 0.25) is 0 Å². The Balaban J connectivity index is 1.42. The van der Waals surface area contributed by atoms with Gasteiger partial charge in [0.25, 0.3) is 0 Å². The van der Waals surface area contributed by atoms with E-state index in [1.165, 1.54) is 16.8 Å². The third-order valence-electron chi connectivity index (χ3n) is 8.43. The second-order valence-corrected chi connectivity index (χ2v) is 11.5. The first kappa shape index (κ1) is 26.8. The second kappa shape index (κ2) is 10.2. The van der Waals surface area contributed by atoms with Gasteiger partial charge in [0.1, 0.15) is 12.2 Å². The molecule has 1 aliphatic carbocycles. The molecule has 0 amide bonds. The highest BCUT2D eigenvalue weighted by atomic mass is 19.4. The SMILES string of the molecule is C[C@H]1CCCN(Cc2cc(C(F)(F)F)c3cn(-c4cccc([C@H](c5nncn5C)[C@H]5C[C@@H](O)C5)c4)c(=O)n3c2)C1. The molecule has 11 heteroatoms. The molecule has 2 fully saturated rings. The number of likely N-dealkylation sites (tertiary alicyclic amines) is 1. The van der Waals surface area contributed by atoms with Gasteiger partial charge in [-0.2, -0.15) is 13.2 Å². The Morgan fingerprint density at radius 1 is 1.18 bits per heavy atom. The normalized spacial score (nSPS) is 22.9. The molecular formula is C29H33F3N6O2. The minimum atomic E-state index is -4.61. The Labute approximate surface area is 229 Å². The molecule has 0 spiro atoms. The van der Waals surface area contributed by atoms with Crippen LogP contribution in [0.4, 0.5) is 13.2 Å². The van der Waals surface area contributed by atoms with Crippen LogP contribution < -0.4 is 5.69 Å². The molecule has 2 atom stereocenters. The van der Waals surface area contributed by atoms with Crippen LogP contribution in [0, 0.1) is 11.8 Å². The molecule has 8 nitrogen and oxygen atoms in total. The van der Waals surface area contributed by atoms with Crippen LogP contribution in [0.15, 0.2) is 53.8 Å². The van der Waals surface area contributed by atoms with E-state index in [0.29, 0.717) is 36.6 Å². The molecule has 3 aromatic heterocycles. The lowest BCUT2D eigenvalue weighted by molar-refractivity contribution is -0.136. The largest absolute Gasteiger partial charge is 0.418 e. The van der Waals surface area contributed by atoms with E-state index in [9.17, 15) is 23.1 Å². The monoisotopic (exact) mass is 554 g/mol. The minimum absolute atomic E-state index is 0.134. The number of pyridine rings is 1. The third kappa shape index (κ3) is 4.96. The van der Waals surface area contributed by atoms with Crippen molar-refractivity contribution in [3.8, 4) is 5.69 Å². The highest BCUT2D eigenvalue weighted by Gasteiger charge is 2.38. The predicted molar refractivity (Wildman–Crippen MR) is 143 cm³/mol. The maximum absolute atomic E-state index is 14.2. The summed E-state index contributed by atoms with van der Waals surface area (Å²) >= 11 is 0. The number of benzene rings is 1. The number of rotatable bonds is 6. The van der Waals surface area contributed by atoms with Gasteiger partial charge >= 0.3 is 11.9 Å². The summed E-state index contributed by atoms with van der Waals surface area (Å²) in [7, 11) is 1.85. The van der Waals surface area contributed by atoms with E-state index in [-0.39, 0.29) is 23.5 Å². The molecule has 0 unspecified atom stereocenters. The molecule has 40 heavy (non-hydrogen) atoms. The van der Waals surface area contributed by atoms with E-state index in [2.05, 4.69) is 22.0 Å². The van der Waals surface area contributed by atoms with Gasteiger partial charge in [0.05, 0.1) is 22.9 Å². The van der Waals surface area contributed by atoms with Crippen molar-refractivity contribution in [2.75, 3.05) is 13.1 Å². The number of fused-ring (bicyclic) bond motifs is 1. The highest BCUT2D eigenvalue weighted by molar-refractivity contribution is 5.58. The average molecular weight is 555 g/mol. The summed E-state index contributed by atoms with van der Waals surface area (Å²) in [5.74, 6) is 1.19. The fourth-order valence-corrected chi connectivity index (χ4v) is 6.41.